The van der Waals surface area contributed by atoms with Crippen molar-refractivity contribution in [3.63, 3.8) is 0 Å². The van der Waals surface area contributed by atoms with Gasteiger partial charge in [0.15, 0.2) is 5.16 Å². The minimum Gasteiger partial charge on any atom is -0.268 e. The number of benzene rings is 2. The van der Waals surface area contributed by atoms with Gasteiger partial charge in [0, 0.05) is 30.1 Å². The molecule has 0 radical (unpaired) electrons. The van der Waals surface area contributed by atoms with Crippen molar-refractivity contribution in [3.8, 4) is 5.69 Å². The first-order valence-electron chi connectivity index (χ1n) is 9.16. The maximum Gasteiger partial charge on any atom is 0.272 e. The SMILES string of the molecule is Cc1cc(C)cc(-n2c(SCc3ccc([N+](=O)[O-])cc3)nc3c(c2=O)SCC3)c1. The molecule has 2 heterocycles. The van der Waals surface area contributed by atoms with Gasteiger partial charge in [0.2, 0.25) is 0 Å². The summed E-state index contributed by atoms with van der Waals surface area (Å²) in [6, 6.07) is 12.6. The minimum atomic E-state index is -0.408. The zero-order valence-electron chi connectivity index (χ0n) is 16.0. The number of fused-ring (bicyclic) bond motifs is 1. The highest BCUT2D eigenvalue weighted by molar-refractivity contribution is 7.99. The van der Waals surface area contributed by atoms with Crippen LogP contribution in [0.3, 0.4) is 0 Å². The molecule has 29 heavy (non-hydrogen) atoms. The molecular formula is C21H19N3O3S2. The smallest absolute Gasteiger partial charge is 0.268 e. The van der Waals surface area contributed by atoms with Crippen molar-refractivity contribution in [1.29, 1.82) is 0 Å². The maximum absolute atomic E-state index is 13.2. The molecule has 0 spiro atoms. The van der Waals surface area contributed by atoms with Gasteiger partial charge in [0.1, 0.15) is 0 Å². The van der Waals surface area contributed by atoms with Gasteiger partial charge >= 0.3 is 0 Å². The number of rotatable bonds is 5. The number of hydrogen-bond acceptors (Lipinski definition) is 6. The lowest BCUT2D eigenvalue weighted by atomic mass is 10.1. The van der Waals surface area contributed by atoms with Crippen molar-refractivity contribution >= 4 is 29.2 Å². The van der Waals surface area contributed by atoms with Crippen LogP contribution in [-0.2, 0) is 12.2 Å². The molecule has 0 atom stereocenters. The van der Waals surface area contributed by atoms with Crippen LogP contribution in [0.2, 0.25) is 0 Å². The second-order valence-electron chi connectivity index (χ2n) is 6.97. The van der Waals surface area contributed by atoms with Gasteiger partial charge in [-0.25, -0.2) is 4.98 Å². The Morgan fingerprint density at radius 3 is 2.52 bits per heavy atom. The fraction of sp³-hybridized carbons (Fsp3) is 0.238. The predicted octanol–water partition coefficient (Wildman–Crippen LogP) is 4.70. The largest absolute Gasteiger partial charge is 0.272 e. The molecule has 0 bridgehead atoms. The lowest BCUT2D eigenvalue weighted by Gasteiger charge is -2.15. The molecule has 3 aromatic rings. The Morgan fingerprint density at radius 2 is 1.86 bits per heavy atom. The van der Waals surface area contributed by atoms with Gasteiger partial charge in [-0.2, -0.15) is 0 Å². The van der Waals surface area contributed by atoms with Gasteiger partial charge in [0.25, 0.3) is 11.2 Å². The highest BCUT2D eigenvalue weighted by Gasteiger charge is 2.22. The molecule has 0 aliphatic carbocycles. The molecule has 4 rings (SSSR count). The Bertz CT molecular complexity index is 1140. The van der Waals surface area contributed by atoms with E-state index in [1.54, 1.807) is 28.5 Å². The number of aromatic nitrogens is 2. The quantitative estimate of drug-likeness (QED) is 0.255. The highest BCUT2D eigenvalue weighted by atomic mass is 32.2. The molecule has 0 amide bonds. The molecule has 2 aromatic carbocycles. The molecule has 0 fully saturated rings. The molecule has 0 N–H and O–H groups in total. The van der Waals surface area contributed by atoms with Gasteiger partial charge in [-0.3, -0.25) is 19.5 Å². The van der Waals surface area contributed by atoms with Gasteiger partial charge in [0.05, 0.1) is 21.2 Å². The zero-order valence-corrected chi connectivity index (χ0v) is 17.7. The minimum absolute atomic E-state index is 0.0197. The summed E-state index contributed by atoms with van der Waals surface area (Å²) >= 11 is 3.04. The van der Waals surface area contributed by atoms with Crippen LogP contribution in [0.15, 0.2) is 57.3 Å². The number of aryl methyl sites for hydroxylation is 3. The van der Waals surface area contributed by atoms with Crippen molar-refractivity contribution in [3.05, 3.63) is 85.3 Å². The molecule has 148 valence electrons. The normalized spacial score (nSPS) is 12.8. The number of nitrogens with zero attached hydrogens (tertiary/aromatic N) is 3. The Kier molecular flexibility index (Phi) is 5.47. The number of hydrogen-bond donors (Lipinski definition) is 0. The molecule has 0 saturated carbocycles. The maximum atomic E-state index is 13.2. The average molecular weight is 426 g/mol. The summed E-state index contributed by atoms with van der Waals surface area (Å²) in [6.45, 7) is 4.03. The van der Waals surface area contributed by atoms with E-state index in [2.05, 4.69) is 6.07 Å². The highest BCUT2D eigenvalue weighted by Crippen LogP contribution is 2.31. The summed E-state index contributed by atoms with van der Waals surface area (Å²) in [5.74, 6) is 1.45. The van der Waals surface area contributed by atoms with E-state index in [-0.39, 0.29) is 11.2 Å². The fourth-order valence-electron chi connectivity index (χ4n) is 3.36. The van der Waals surface area contributed by atoms with E-state index in [0.29, 0.717) is 10.9 Å². The van der Waals surface area contributed by atoms with E-state index in [0.717, 1.165) is 45.1 Å². The number of nitro groups is 1. The number of thioether (sulfide) groups is 2. The van der Waals surface area contributed by atoms with Crippen molar-refractivity contribution in [2.24, 2.45) is 0 Å². The first-order chi connectivity index (χ1) is 13.9. The van der Waals surface area contributed by atoms with Gasteiger partial charge in [-0.1, -0.05) is 30.0 Å². The zero-order chi connectivity index (χ0) is 20.5. The van der Waals surface area contributed by atoms with E-state index in [9.17, 15) is 14.9 Å². The van der Waals surface area contributed by atoms with Crippen LogP contribution in [-0.4, -0.2) is 20.2 Å². The molecule has 8 heteroatoms. The van der Waals surface area contributed by atoms with Crippen LogP contribution in [0.1, 0.15) is 22.4 Å². The van der Waals surface area contributed by atoms with E-state index in [4.69, 9.17) is 4.98 Å². The van der Waals surface area contributed by atoms with E-state index in [1.165, 1.54) is 23.9 Å². The van der Waals surface area contributed by atoms with Crippen molar-refractivity contribution in [2.75, 3.05) is 5.75 Å². The Labute approximate surface area is 176 Å². The summed E-state index contributed by atoms with van der Waals surface area (Å²) in [5, 5.41) is 11.5. The van der Waals surface area contributed by atoms with E-state index < -0.39 is 4.92 Å². The number of non-ortho nitro benzene ring substituents is 1. The molecule has 1 aliphatic heterocycles. The van der Waals surface area contributed by atoms with Crippen molar-refractivity contribution < 1.29 is 4.92 Å². The van der Waals surface area contributed by atoms with Crippen LogP contribution >= 0.6 is 23.5 Å². The van der Waals surface area contributed by atoms with Gasteiger partial charge in [-0.05, 0) is 42.7 Å². The molecular weight excluding hydrogens is 406 g/mol. The fourth-order valence-corrected chi connectivity index (χ4v) is 5.37. The first kappa shape index (κ1) is 19.7. The van der Waals surface area contributed by atoms with Crippen LogP contribution in [0.5, 0.6) is 0 Å². The summed E-state index contributed by atoms with van der Waals surface area (Å²) in [5.41, 5.74) is 4.86. The van der Waals surface area contributed by atoms with E-state index in [1.807, 2.05) is 26.0 Å². The second-order valence-corrected chi connectivity index (χ2v) is 9.02. The third kappa shape index (κ3) is 4.09. The molecule has 1 aliphatic rings. The Balaban J connectivity index is 1.73. The summed E-state index contributed by atoms with van der Waals surface area (Å²) < 4.78 is 1.70. The second kappa shape index (κ2) is 8.04. The van der Waals surface area contributed by atoms with Crippen LogP contribution in [0.25, 0.3) is 5.69 Å². The summed E-state index contributed by atoms with van der Waals surface area (Å²) in [7, 11) is 0. The molecule has 1 aromatic heterocycles. The lowest BCUT2D eigenvalue weighted by molar-refractivity contribution is -0.384. The average Bonchev–Trinajstić information content (AvgIpc) is 3.15. The van der Waals surface area contributed by atoms with E-state index >= 15 is 0 Å². The predicted molar refractivity (Wildman–Crippen MR) is 116 cm³/mol. The van der Waals surface area contributed by atoms with Crippen molar-refractivity contribution in [1.82, 2.24) is 9.55 Å². The monoisotopic (exact) mass is 425 g/mol. The Hall–Kier alpha value is -2.58. The third-order valence-electron chi connectivity index (χ3n) is 4.65. The lowest BCUT2D eigenvalue weighted by Crippen LogP contribution is -2.24. The standard InChI is InChI=1S/C21H19N3O3S2/c1-13-9-14(2)11-17(10-13)23-20(25)19-18(7-8-28-19)22-21(23)29-12-15-3-5-16(6-4-15)24(26)27/h3-6,9-11H,7-8,12H2,1-2H3. The van der Waals surface area contributed by atoms with Crippen LogP contribution in [0, 0.1) is 24.0 Å². The topological polar surface area (TPSA) is 78.0 Å². The van der Waals surface area contributed by atoms with Crippen molar-refractivity contribution in [2.45, 2.75) is 36.1 Å². The van der Waals surface area contributed by atoms with Crippen LogP contribution < -0.4 is 5.56 Å². The molecule has 0 saturated heterocycles. The summed E-state index contributed by atoms with van der Waals surface area (Å²) in [4.78, 5) is 29.2. The van der Waals surface area contributed by atoms with Gasteiger partial charge in [-0.15, -0.1) is 11.8 Å². The van der Waals surface area contributed by atoms with Crippen LogP contribution in [0.4, 0.5) is 5.69 Å². The molecule has 6 nitrogen and oxygen atoms in total. The molecule has 0 unspecified atom stereocenters. The Morgan fingerprint density at radius 1 is 1.17 bits per heavy atom. The summed E-state index contributed by atoms with van der Waals surface area (Å²) in [6.07, 6.45) is 0.800. The van der Waals surface area contributed by atoms with Gasteiger partial charge < -0.3 is 0 Å². The number of nitro benzene ring substituents is 1. The first-order valence-corrected chi connectivity index (χ1v) is 11.1. The third-order valence-corrected chi connectivity index (χ3v) is 6.76.